The lowest BCUT2D eigenvalue weighted by Gasteiger charge is -2.49. The molecule has 0 spiro atoms. The number of nitrogens with zero attached hydrogens (tertiary/aromatic N) is 3. The molecule has 15 unspecified atom stereocenters. The van der Waals surface area contributed by atoms with Gasteiger partial charge in [0.05, 0.1) is 41.5 Å². The molecule has 0 aromatic carbocycles. The number of aliphatic hydroxyl groups is 2. The molecule has 4 heterocycles. The molecule has 1 aromatic heterocycles. The van der Waals surface area contributed by atoms with Gasteiger partial charge in [0.2, 0.25) is 0 Å². The van der Waals surface area contributed by atoms with E-state index in [1.807, 2.05) is 39.8 Å². The lowest BCUT2D eigenvalue weighted by Crippen LogP contribution is -2.61. The van der Waals surface area contributed by atoms with E-state index in [1.54, 1.807) is 48.5 Å². The number of carbonyl (C=O) groups excluding carboxylic acids is 3. The summed E-state index contributed by atoms with van der Waals surface area (Å²) in [5.74, 6) is -3.33. The van der Waals surface area contributed by atoms with Crippen molar-refractivity contribution in [1.29, 1.82) is 0 Å². The fraction of sp³-hybridized carbons (Fsp3) is 0.810. The fourth-order valence-corrected chi connectivity index (χ4v) is 8.95. The van der Waals surface area contributed by atoms with Crippen LogP contribution in [0.25, 0.3) is 0 Å². The number of rotatable bonds is 9. The second-order valence-electron chi connectivity index (χ2n) is 17.5. The molecule has 1 aromatic rings. The molecule has 0 radical (unpaired) electrons. The van der Waals surface area contributed by atoms with Crippen molar-refractivity contribution in [3.8, 4) is 0 Å². The van der Waals surface area contributed by atoms with E-state index in [0.717, 1.165) is 4.57 Å². The number of methoxy groups -OCH3 is 2. The van der Waals surface area contributed by atoms with Crippen LogP contribution in [-0.2, 0) is 47.5 Å². The van der Waals surface area contributed by atoms with Crippen LogP contribution in [0.4, 0.5) is 4.79 Å². The Morgan fingerprint density at radius 1 is 1.00 bits per heavy atom. The summed E-state index contributed by atoms with van der Waals surface area (Å²) >= 11 is 0. The molecule has 3 aliphatic rings. The molecule has 16 nitrogen and oxygen atoms in total. The minimum atomic E-state index is -1.60. The van der Waals surface area contributed by atoms with E-state index in [-0.39, 0.29) is 37.2 Å². The summed E-state index contributed by atoms with van der Waals surface area (Å²) < 4.78 is 51.8. The maximum atomic E-state index is 14.6. The number of hydrogen-bond donors (Lipinski definition) is 2. The van der Waals surface area contributed by atoms with Crippen molar-refractivity contribution >= 4 is 17.8 Å². The van der Waals surface area contributed by atoms with E-state index >= 15 is 0 Å². The Labute approximate surface area is 343 Å². The predicted molar refractivity (Wildman–Crippen MR) is 212 cm³/mol. The van der Waals surface area contributed by atoms with E-state index < -0.39 is 95.8 Å². The highest BCUT2D eigenvalue weighted by molar-refractivity contribution is 5.96. The number of hydrogen-bond acceptors (Lipinski definition) is 15. The van der Waals surface area contributed by atoms with Gasteiger partial charge < -0.3 is 53.0 Å². The summed E-state index contributed by atoms with van der Waals surface area (Å²) in [5.41, 5.74) is -3.60. The van der Waals surface area contributed by atoms with E-state index in [0.29, 0.717) is 12.0 Å². The van der Waals surface area contributed by atoms with Gasteiger partial charge in [-0.3, -0.25) is 9.59 Å². The molecule has 2 fully saturated rings. The number of carbonyl (C=O) groups is 3. The van der Waals surface area contributed by atoms with Crippen LogP contribution >= 0.6 is 0 Å². The van der Waals surface area contributed by atoms with Gasteiger partial charge in [-0.2, -0.15) is 0 Å². The highest BCUT2D eigenvalue weighted by Gasteiger charge is 2.53. The lowest BCUT2D eigenvalue weighted by molar-refractivity contribution is -0.319. The van der Waals surface area contributed by atoms with Crippen molar-refractivity contribution < 1.29 is 62.5 Å². The molecular weight excluding hydrogens is 754 g/mol. The van der Waals surface area contributed by atoms with Gasteiger partial charge in [0.15, 0.2) is 24.0 Å². The first-order valence-corrected chi connectivity index (χ1v) is 20.4. The van der Waals surface area contributed by atoms with Crippen molar-refractivity contribution in [1.82, 2.24) is 14.5 Å². The molecule has 0 saturated carbocycles. The van der Waals surface area contributed by atoms with Crippen molar-refractivity contribution in [3.63, 3.8) is 0 Å². The number of cyclic esters (lactones) is 1. The van der Waals surface area contributed by atoms with Gasteiger partial charge in [-0.1, -0.05) is 20.8 Å². The Bertz CT molecular complexity index is 1570. The average Bonchev–Trinajstić information content (AvgIpc) is 3.72. The van der Waals surface area contributed by atoms with Crippen LogP contribution in [0.15, 0.2) is 30.4 Å². The quantitative estimate of drug-likeness (QED) is 0.336. The largest absolute Gasteiger partial charge is 0.457 e. The maximum absolute atomic E-state index is 14.6. The van der Waals surface area contributed by atoms with E-state index in [2.05, 4.69) is 4.98 Å². The number of likely N-dealkylation sites (N-methyl/N-ethyl adjacent to an activating group) is 1. The normalized spacial score (nSPS) is 43.3. The summed E-state index contributed by atoms with van der Waals surface area (Å²) in [4.78, 5) is 48.2. The van der Waals surface area contributed by atoms with E-state index in [1.165, 1.54) is 39.0 Å². The van der Waals surface area contributed by atoms with Crippen LogP contribution in [0.5, 0.6) is 0 Å². The zero-order chi connectivity index (χ0) is 43.5. The summed E-state index contributed by atoms with van der Waals surface area (Å²) in [7, 11) is 6.80. The molecule has 58 heavy (non-hydrogen) atoms. The average molecular weight is 824 g/mol. The third-order valence-electron chi connectivity index (χ3n) is 12.6. The van der Waals surface area contributed by atoms with Crippen LogP contribution in [0.2, 0.25) is 0 Å². The second-order valence-corrected chi connectivity index (χ2v) is 17.5. The number of Topliss-reactive ketones (excluding diaryl/α,β-unsaturated/α-hetero) is 1. The second kappa shape index (κ2) is 19.3. The first-order valence-electron chi connectivity index (χ1n) is 20.4. The van der Waals surface area contributed by atoms with Crippen LogP contribution in [0, 0.1) is 17.8 Å². The minimum Gasteiger partial charge on any atom is -0.457 e. The van der Waals surface area contributed by atoms with Gasteiger partial charge in [0.1, 0.15) is 24.6 Å². The van der Waals surface area contributed by atoms with Crippen molar-refractivity contribution in [3.05, 3.63) is 30.4 Å². The Kier molecular flexibility index (Phi) is 15.9. The Balaban J connectivity index is 1.89. The third kappa shape index (κ3) is 10.4. The van der Waals surface area contributed by atoms with Gasteiger partial charge in [-0.05, 0) is 93.5 Å². The number of esters is 1. The first kappa shape index (κ1) is 47.9. The highest BCUT2D eigenvalue weighted by atomic mass is 16.7. The summed E-state index contributed by atoms with van der Waals surface area (Å²) in [6, 6.07) is -0.288. The van der Waals surface area contributed by atoms with Crippen molar-refractivity contribution in [2.24, 2.45) is 17.8 Å². The van der Waals surface area contributed by atoms with Crippen LogP contribution in [-0.4, -0.2) is 149 Å². The highest BCUT2D eigenvalue weighted by Crippen LogP contribution is 2.41. The topological polar surface area (TPSA) is 187 Å². The van der Waals surface area contributed by atoms with Gasteiger partial charge in [-0.15, -0.1) is 0 Å². The Morgan fingerprint density at radius 3 is 2.22 bits per heavy atom. The molecule has 4 rings (SSSR count). The Hall–Kier alpha value is -2.80. The summed E-state index contributed by atoms with van der Waals surface area (Å²) in [6.45, 7) is 17.6. The van der Waals surface area contributed by atoms with Crippen molar-refractivity contribution in [2.45, 2.75) is 173 Å². The maximum Gasteiger partial charge on any atom is 0.420 e. The van der Waals surface area contributed by atoms with Crippen LogP contribution in [0.1, 0.15) is 94.9 Å². The Morgan fingerprint density at radius 2 is 1.66 bits per heavy atom. The van der Waals surface area contributed by atoms with Crippen molar-refractivity contribution in [2.75, 3.05) is 28.3 Å². The van der Waals surface area contributed by atoms with Gasteiger partial charge in [0, 0.05) is 50.9 Å². The summed E-state index contributed by atoms with van der Waals surface area (Å²) in [6.07, 6.45) is -2.12. The molecule has 16 atom stereocenters. The number of aromatic nitrogens is 2. The zero-order valence-corrected chi connectivity index (χ0v) is 36.9. The molecule has 0 amide bonds. The number of ketones is 1. The standard InChI is InChI=1S/C42H69N3O13/c1-15-30-40(8,58-39(50)45-17-16-43-22-45)19-23(2)32(46)24(3)20-42(10,52-14)36(57-38-33(47)29(44(11)12)18-25(4)53-38)26(5)34(27(6)37(49)55-30)56-31-21-41(9,51-13)35(48)28(7)54-31/h16-17,19,22,24-31,33-36,38,47-48H,15,18,20-21H2,1-14H3/b23-19+/t24?,25?,26?,27?,28?,29?,30-,31?,33?,34?,35?,36?,38?,40?,41?,42?/m1/s1. The number of ether oxygens (including phenoxy) is 8. The molecule has 0 bridgehead atoms. The molecule has 16 heteroatoms. The molecule has 2 N–H and O–H groups in total. The van der Waals surface area contributed by atoms with Gasteiger partial charge in [-0.25, -0.2) is 14.3 Å². The summed E-state index contributed by atoms with van der Waals surface area (Å²) in [5, 5.41) is 22.7. The molecule has 2 saturated heterocycles. The molecule has 330 valence electrons. The van der Waals surface area contributed by atoms with E-state index in [4.69, 9.17) is 37.9 Å². The van der Waals surface area contributed by atoms with Gasteiger partial charge >= 0.3 is 12.1 Å². The van der Waals surface area contributed by atoms with Crippen LogP contribution in [0.3, 0.4) is 0 Å². The monoisotopic (exact) mass is 823 g/mol. The number of imidazole rings is 1. The zero-order valence-electron chi connectivity index (χ0n) is 36.9. The molecular formula is C42H69N3O13. The fourth-order valence-electron chi connectivity index (χ4n) is 8.95. The van der Waals surface area contributed by atoms with Crippen LogP contribution < -0.4 is 0 Å². The first-order chi connectivity index (χ1) is 27.0. The molecule has 0 aliphatic carbocycles. The predicted octanol–water partition coefficient (Wildman–Crippen LogP) is 4.28. The minimum absolute atomic E-state index is 0.120. The number of aliphatic hydroxyl groups excluding tert-OH is 2. The number of allylic oxidation sites excluding steroid dienone is 1. The van der Waals surface area contributed by atoms with E-state index in [9.17, 15) is 24.6 Å². The molecule has 3 aliphatic heterocycles. The SMILES string of the molecule is CC[C@H]1OC(=O)C(C)C(OC2CC(C)(OC)C(O)C(C)O2)C(C)C(OC2OC(C)CC(N(C)C)C2O)C(C)(OC)CC(C)C(=O)/C(C)=C/C1(C)OC(=O)n1ccnc1. The smallest absolute Gasteiger partial charge is 0.420 e. The lowest BCUT2D eigenvalue weighted by atomic mass is 9.76. The van der Waals surface area contributed by atoms with Gasteiger partial charge in [0.25, 0.3) is 0 Å². The third-order valence-corrected chi connectivity index (χ3v) is 12.6.